The zero-order chi connectivity index (χ0) is 16.1. The van der Waals surface area contributed by atoms with Crippen LogP contribution < -0.4 is 5.32 Å². The van der Waals surface area contributed by atoms with Gasteiger partial charge in [0.15, 0.2) is 0 Å². The van der Waals surface area contributed by atoms with Crippen molar-refractivity contribution in [1.29, 1.82) is 0 Å². The molecule has 5 heteroatoms. The molecule has 22 heavy (non-hydrogen) atoms. The molecule has 2 aromatic rings. The molecule has 110 valence electrons. The van der Waals surface area contributed by atoms with E-state index in [2.05, 4.69) is 17.2 Å². The quantitative estimate of drug-likeness (QED) is 0.628. The fourth-order valence-electron chi connectivity index (χ4n) is 1.68. The van der Waals surface area contributed by atoms with Crippen molar-refractivity contribution >= 4 is 29.2 Å². The van der Waals surface area contributed by atoms with E-state index in [1.165, 1.54) is 0 Å². The van der Waals surface area contributed by atoms with Gasteiger partial charge in [-0.2, -0.15) is 0 Å². The highest BCUT2D eigenvalue weighted by Gasteiger charge is 2.10. The van der Waals surface area contributed by atoms with E-state index in [0.717, 1.165) is 16.7 Å². The van der Waals surface area contributed by atoms with E-state index >= 15 is 0 Å². The minimum Gasteiger partial charge on any atom is -0.474 e. The lowest BCUT2D eigenvalue weighted by molar-refractivity contribution is -0.147. The average Bonchev–Trinajstić information content (AvgIpc) is 2.47. The average molecular weight is 314 g/mol. The summed E-state index contributed by atoms with van der Waals surface area (Å²) < 4.78 is 0. The third-order valence-corrected chi connectivity index (χ3v) is 3.12. The number of nitrogens with one attached hydrogen (secondary N) is 1. The number of benzene rings is 2. The standard InChI is InChI=1S/C17H12ClNO3/c1-11-2-6-13(15(18)10-11)7-3-12-4-8-14(9-5-12)19-16(20)17(21)22/h2,4-6,8-10H,1H3,(H,19,20)(H,21,22). The Morgan fingerprint density at radius 1 is 1.09 bits per heavy atom. The number of anilines is 1. The van der Waals surface area contributed by atoms with Crippen molar-refractivity contribution in [3.05, 3.63) is 64.2 Å². The molecule has 2 rings (SSSR count). The van der Waals surface area contributed by atoms with Gasteiger partial charge in [-0.15, -0.1) is 0 Å². The summed E-state index contributed by atoms with van der Waals surface area (Å²) in [7, 11) is 0. The Bertz CT molecular complexity index is 786. The van der Waals surface area contributed by atoms with E-state index in [4.69, 9.17) is 16.7 Å². The molecule has 0 radical (unpaired) electrons. The summed E-state index contributed by atoms with van der Waals surface area (Å²) in [5, 5.41) is 11.4. The lowest BCUT2D eigenvalue weighted by atomic mass is 10.1. The van der Waals surface area contributed by atoms with Crippen LogP contribution >= 0.6 is 11.6 Å². The van der Waals surface area contributed by atoms with Crippen LogP contribution in [0.15, 0.2) is 42.5 Å². The number of carbonyl (C=O) groups excluding carboxylic acids is 1. The Hall–Kier alpha value is -2.77. The second-order valence-electron chi connectivity index (χ2n) is 4.57. The topological polar surface area (TPSA) is 66.4 Å². The first kappa shape index (κ1) is 15.6. The van der Waals surface area contributed by atoms with Crippen LogP contribution in [0.2, 0.25) is 5.02 Å². The highest BCUT2D eigenvalue weighted by molar-refractivity contribution is 6.36. The van der Waals surface area contributed by atoms with Gasteiger partial charge in [-0.1, -0.05) is 29.5 Å². The molecule has 0 aliphatic heterocycles. The lowest BCUT2D eigenvalue weighted by Gasteiger charge is -2.01. The van der Waals surface area contributed by atoms with E-state index < -0.39 is 11.9 Å². The van der Waals surface area contributed by atoms with Crippen LogP contribution in [0.4, 0.5) is 5.69 Å². The van der Waals surface area contributed by atoms with Gasteiger partial charge in [-0.3, -0.25) is 4.79 Å². The smallest absolute Gasteiger partial charge is 0.394 e. The van der Waals surface area contributed by atoms with Gasteiger partial charge in [0.2, 0.25) is 0 Å². The summed E-state index contributed by atoms with van der Waals surface area (Å²) in [6.07, 6.45) is 0. The van der Waals surface area contributed by atoms with Gasteiger partial charge < -0.3 is 10.4 Å². The van der Waals surface area contributed by atoms with Crippen LogP contribution in [0.25, 0.3) is 0 Å². The van der Waals surface area contributed by atoms with Crippen molar-refractivity contribution in [2.45, 2.75) is 6.92 Å². The Morgan fingerprint density at radius 2 is 1.77 bits per heavy atom. The number of halogens is 1. The Balaban J connectivity index is 2.13. The SMILES string of the molecule is Cc1ccc(C#Cc2ccc(NC(=O)C(=O)O)cc2)c(Cl)c1. The Labute approximate surface area is 132 Å². The summed E-state index contributed by atoms with van der Waals surface area (Å²) in [5.74, 6) is 3.32. The molecule has 0 saturated carbocycles. The number of aliphatic carboxylic acids is 1. The van der Waals surface area contributed by atoms with E-state index in [-0.39, 0.29) is 0 Å². The Morgan fingerprint density at radius 3 is 2.36 bits per heavy atom. The van der Waals surface area contributed by atoms with Crippen molar-refractivity contribution < 1.29 is 14.7 Å². The number of carboxylic acid groups (broad SMARTS) is 1. The van der Waals surface area contributed by atoms with Crippen molar-refractivity contribution in [2.24, 2.45) is 0 Å². The maximum atomic E-state index is 11.0. The molecular formula is C17H12ClNO3. The Kier molecular flexibility index (Phi) is 4.82. The van der Waals surface area contributed by atoms with Gasteiger partial charge in [-0.05, 0) is 48.9 Å². The van der Waals surface area contributed by atoms with E-state index in [0.29, 0.717) is 10.7 Å². The number of amides is 1. The predicted octanol–water partition coefficient (Wildman–Crippen LogP) is 3.07. The molecule has 0 aliphatic rings. The first-order chi connectivity index (χ1) is 10.5. The number of carbonyl (C=O) groups is 2. The van der Waals surface area contributed by atoms with Gasteiger partial charge in [0.1, 0.15) is 0 Å². The molecule has 0 spiro atoms. The third kappa shape index (κ3) is 4.11. The minimum atomic E-state index is -1.53. The van der Waals surface area contributed by atoms with Gasteiger partial charge in [0.25, 0.3) is 0 Å². The largest absolute Gasteiger partial charge is 0.474 e. The zero-order valence-electron chi connectivity index (χ0n) is 11.7. The van der Waals surface area contributed by atoms with Crippen molar-refractivity contribution in [3.8, 4) is 11.8 Å². The van der Waals surface area contributed by atoms with Crippen molar-refractivity contribution in [2.75, 3.05) is 5.32 Å². The highest BCUT2D eigenvalue weighted by Crippen LogP contribution is 2.16. The van der Waals surface area contributed by atoms with Gasteiger partial charge in [0.05, 0.1) is 5.02 Å². The van der Waals surface area contributed by atoms with Crippen LogP contribution in [0, 0.1) is 18.8 Å². The monoisotopic (exact) mass is 313 g/mol. The maximum Gasteiger partial charge on any atom is 0.394 e. The molecule has 4 nitrogen and oxygen atoms in total. The van der Waals surface area contributed by atoms with E-state index in [1.807, 2.05) is 25.1 Å². The maximum absolute atomic E-state index is 11.0. The predicted molar refractivity (Wildman–Crippen MR) is 84.9 cm³/mol. The van der Waals surface area contributed by atoms with E-state index in [9.17, 15) is 9.59 Å². The van der Waals surface area contributed by atoms with Crippen molar-refractivity contribution in [3.63, 3.8) is 0 Å². The molecular weight excluding hydrogens is 302 g/mol. The summed E-state index contributed by atoms with van der Waals surface area (Å²) in [6.45, 7) is 1.95. The summed E-state index contributed by atoms with van der Waals surface area (Å²) >= 11 is 6.10. The normalized spacial score (nSPS) is 9.55. The highest BCUT2D eigenvalue weighted by atomic mass is 35.5. The number of carboxylic acids is 1. The molecule has 1 amide bonds. The first-order valence-corrected chi connectivity index (χ1v) is 6.76. The molecule has 0 unspecified atom stereocenters. The molecule has 0 heterocycles. The van der Waals surface area contributed by atoms with E-state index in [1.54, 1.807) is 24.3 Å². The lowest BCUT2D eigenvalue weighted by Crippen LogP contribution is -2.21. The summed E-state index contributed by atoms with van der Waals surface area (Å²) in [6, 6.07) is 12.2. The van der Waals surface area contributed by atoms with Gasteiger partial charge >= 0.3 is 11.9 Å². The molecule has 0 atom stereocenters. The van der Waals surface area contributed by atoms with Gasteiger partial charge in [0, 0.05) is 16.8 Å². The van der Waals surface area contributed by atoms with Crippen LogP contribution in [-0.2, 0) is 9.59 Å². The molecule has 2 aromatic carbocycles. The molecule has 2 N–H and O–H groups in total. The minimum absolute atomic E-state index is 0.395. The van der Waals surface area contributed by atoms with Gasteiger partial charge in [-0.25, -0.2) is 4.79 Å². The zero-order valence-corrected chi connectivity index (χ0v) is 12.4. The second-order valence-corrected chi connectivity index (χ2v) is 4.98. The number of hydrogen-bond donors (Lipinski definition) is 2. The fourth-order valence-corrected chi connectivity index (χ4v) is 1.96. The number of rotatable bonds is 1. The summed E-state index contributed by atoms with van der Waals surface area (Å²) in [5.41, 5.74) is 2.92. The van der Waals surface area contributed by atoms with Crippen LogP contribution in [0.1, 0.15) is 16.7 Å². The molecule has 0 aliphatic carbocycles. The number of hydrogen-bond acceptors (Lipinski definition) is 2. The van der Waals surface area contributed by atoms with Crippen molar-refractivity contribution in [1.82, 2.24) is 0 Å². The first-order valence-electron chi connectivity index (χ1n) is 6.38. The molecule has 0 fully saturated rings. The third-order valence-electron chi connectivity index (χ3n) is 2.80. The van der Waals surface area contributed by atoms with Crippen LogP contribution in [-0.4, -0.2) is 17.0 Å². The van der Waals surface area contributed by atoms with Crippen LogP contribution in [0.5, 0.6) is 0 Å². The number of aryl methyl sites for hydroxylation is 1. The molecule has 0 aromatic heterocycles. The molecule has 0 saturated heterocycles. The fraction of sp³-hybridized carbons (Fsp3) is 0.0588. The molecule has 0 bridgehead atoms. The second kappa shape index (κ2) is 6.79. The summed E-state index contributed by atoms with van der Waals surface area (Å²) in [4.78, 5) is 21.5. The van der Waals surface area contributed by atoms with Crippen LogP contribution in [0.3, 0.4) is 0 Å².